The number of carbonyl (C=O) groups excluding carboxylic acids is 1. The Balaban J connectivity index is 1.87. The molecule has 0 saturated heterocycles. The van der Waals surface area contributed by atoms with Gasteiger partial charge in [-0.25, -0.2) is 8.42 Å². The zero-order valence-corrected chi connectivity index (χ0v) is 19.0. The molecule has 2 aromatic carbocycles. The SMILES string of the molecule is COc1ccc(S(=O)(=O)[C@@H](CNC(=O)c2ccc(OC)cc2OC)c2cccs2)cc1. The number of methoxy groups -OCH3 is 3. The Morgan fingerprint density at radius 2 is 1.65 bits per heavy atom. The maximum atomic E-state index is 13.4. The summed E-state index contributed by atoms with van der Waals surface area (Å²) in [5.41, 5.74) is 0.287. The van der Waals surface area contributed by atoms with E-state index in [0.717, 1.165) is 0 Å². The fraction of sp³-hybridized carbons (Fsp3) is 0.227. The van der Waals surface area contributed by atoms with Gasteiger partial charge in [-0.15, -0.1) is 11.3 Å². The molecule has 1 atom stereocenters. The van der Waals surface area contributed by atoms with Gasteiger partial charge in [0.1, 0.15) is 22.5 Å². The van der Waals surface area contributed by atoms with Gasteiger partial charge >= 0.3 is 0 Å². The van der Waals surface area contributed by atoms with Crippen LogP contribution in [0.3, 0.4) is 0 Å². The van der Waals surface area contributed by atoms with Crippen molar-refractivity contribution in [2.24, 2.45) is 0 Å². The highest BCUT2D eigenvalue weighted by Gasteiger charge is 2.31. The summed E-state index contributed by atoms with van der Waals surface area (Å²) in [5.74, 6) is 1.01. The van der Waals surface area contributed by atoms with Crippen molar-refractivity contribution in [1.29, 1.82) is 0 Å². The molecular weight excluding hydrogens is 438 g/mol. The quantitative estimate of drug-likeness (QED) is 0.522. The average Bonchev–Trinajstić information content (AvgIpc) is 3.32. The second-order valence-corrected chi connectivity index (χ2v) is 9.61. The monoisotopic (exact) mass is 461 g/mol. The lowest BCUT2D eigenvalue weighted by atomic mass is 10.1. The van der Waals surface area contributed by atoms with Crippen molar-refractivity contribution >= 4 is 27.1 Å². The van der Waals surface area contributed by atoms with E-state index >= 15 is 0 Å². The van der Waals surface area contributed by atoms with Crippen molar-refractivity contribution < 1.29 is 27.4 Å². The van der Waals surface area contributed by atoms with Crippen LogP contribution in [0.15, 0.2) is 64.9 Å². The Morgan fingerprint density at radius 1 is 0.968 bits per heavy atom. The van der Waals surface area contributed by atoms with Crippen LogP contribution in [-0.4, -0.2) is 42.2 Å². The van der Waals surface area contributed by atoms with Gasteiger partial charge in [-0.05, 0) is 47.8 Å². The molecule has 9 heteroatoms. The van der Waals surface area contributed by atoms with Gasteiger partial charge in [-0.1, -0.05) is 6.07 Å². The molecule has 0 aliphatic carbocycles. The van der Waals surface area contributed by atoms with Gasteiger partial charge < -0.3 is 19.5 Å². The molecule has 0 unspecified atom stereocenters. The maximum absolute atomic E-state index is 13.4. The lowest BCUT2D eigenvalue weighted by molar-refractivity contribution is 0.0950. The number of thiophene rings is 1. The topological polar surface area (TPSA) is 90.9 Å². The van der Waals surface area contributed by atoms with Gasteiger partial charge in [-0.3, -0.25) is 4.79 Å². The predicted molar refractivity (Wildman–Crippen MR) is 119 cm³/mol. The predicted octanol–water partition coefficient (Wildman–Crippen LogP) is 3.72. The Kier molecular flexibility index (Phi) is 7.19. The van der Waals surface area contributed by atoms with E-state index in [1.165, 1.54) is 44.8 Å². The van der Waals surface area contributed by atoms with Gasteiger partial charge in [0.15, 0.2) is 9.84 Å². The van der Waals surface area contributed by atoms with Crippen LogP contribution in [0.25, 0.3) is 0 Å². The summed E-state index contributed by atoms with van der Waals surface area (Å²) in [6.45, 7) is -0.0944. The lowest BCUT2D eigenvalue weighted by Crippen LogP contribution is -2.31. The summed E-state index contributed by atoms with van der Waals surface area (Å²) in [5, 5.41) is 3.61. The molecule has 0 saturated carbocycles. The van der Waals surface area contributed by atoms with E-state index < -0.39 is 21.0 Å². The molecule has 1 N–H and O–H groups in total. The Labute approximate surface area is 185 Å². The first-order valence-electron chi connectivity index (χ1n) is 9.32. The second-order valence-electron chi connectivity index (χ2n) is 6.50. The highest BCUT2D eigenvalue weighted by molar-refractivity contribution is 7.91. The average molecular weight is 462 g/mol. The van der Waals surface area contributed by atoms with Crippen molar-refractivity contribution in [3.63, 3.8) is 0 Å². The van der Waals surface area contributed by atoms with Crippen molar-refractivity contribution in [3.05, 3.63) is 70.4 Å². The minimum atomic E-state index is -3.76. The first-order chi connectivity index (χ1) is 14.9. The summed E-state index contributed by atoms with van der Waals surface area (Å²) >= 11 is 1.32. The molecule has 1 amide bonds. The van der Waals surface area contributed by atoms with E-state index in [4.69, 9.17) is 14.2 Å². The number of rotatable bonds is 9. The van der Waals surface area contributed by atoms with E-state index in [0.29, 0.717) is 22.1 Å². The standard InChI is InChI=1S/C22H23NO6S2/c1-27-15-6-9-17(10-7-15)31(25,26)21(20-5-4-12-30-20)14-23-22(24)18-11-8-16(28-2)13-19(18)29-3/h4-13,21H,14H2,1-3H3,(H,23,24)/t21-/m0/s1. The van der Waals surface area contributed by atoms with Gasteiger partial charge in [0, 0.05) is 17.5 Å². The lowest BCUT2D eigenvalue weighted by Gasteiger charge is -2.18. The Morgan fingerprint density at radius 3 is 2.23 bits per heavy atom. The van der Waals surface area contributed by atoms with E-state index in [1.807, 2.05) is 0 Å². The summed E-state index contributed by atoms with van der Waals surface area (Å²) in [7, 11) is 0.721. The molecule has 31 heavy (non-hydrogen) atoms. The summed E-state index contributed by atoms with van der Waals surface area (Å²) in [6, 6.07) is 14.5. The van der Waals surface area contributed by atoms with Crippen molar-refractivity contribution in [2.75, 3.05) is 27.9 Å². The number of carbonyl (C=O) groups is 1. The smallest absolute Gasteiger partial charge is 0.255 e. The van der Waals surface area contributed by atoms with Crippen molar-refractivity contribution in [3.8, 4) is 17.2 Å². The summed E-state index contributed by atoms with van der Waals surface area (Å²) in [6.07, 6.45) is 0. The first-order valence-corrected chi connectivity index (χ1v) is 11.7. The highest BCUT2D eigenvalue weighted by atomic mass is 32.2. The van der Waals surface area contributed by atoms with Crippen LogP contribution in [0.5, 0.6) is 17.2 Å². The molecular formula is C22H23NO6S2. The van der Waals surface area contributed by atoms with Gasteiger partial charge in [0.25, 0.3) is 5.91 Å². The number of amides is 1. The number of ether oxygens (including phenoxy) is 3. The zero-order valence-electron chi connectivity index (χ0n) is 17.3. The number of benzene rings is 2. The van der Waals surface area contributed by atoms with Crippen LogP contribution >= 0.6 is 11.3 Å². The molecule has 1 aromatic heterocycles. The van der Waals surface area contributed by atoms with Crippen molar-refractivity contribution in [1.82, 2.24) is 5.32 Å². The van der Waals surface area contributed by atoms with Crippen LogP contribution < -0.4 is 19.5 Å². The third-order valence-electron chi connectivity index (χ3n) is 4.72. The molecule has 164 valence electrons. The fourth-order valence-electron chi connectivity index (χ4n) is 3.03. The van der Waals surface area contributed by atoms with Gasteiger partial charge in [0.2, 0.25) is 0 Å². The molecule has 1 heterocycles. The van der Waals surface area contributed by atoms with Crippen LogP contribution in [0.4, 0.5) is 0 Å². The number of nitrogens with one attached hydrogen (secondary N) is 1. The Bertz CT molecular complexity index is 1130. The van der Waals surface area contributed by atoms with E-state index in [2.05, 4.69) is 5.32 Å². The molecule has 0 radical (unpaired) electrons. The molecule has 0 aliphatic heterocycles. The zero-order chi connectivity index (χ0) is 22.4. The number of sulfone groups is 1. The molecule has 0 aliphatic rings. The van der Waals surface area contributed by atoms with Crippen LogP contribution in [0, 0.1) is 0 Å². The van der Waals surface area contributed by atoms with Crippen LogP contribution in [0.1, 0.15) is 20.5 Å². The molecule has 0 bridgehead atoms. The van der Waals surface area contributed by atoms with Crippen molar-refractivity contribution in [2.45, 2.75) is 10.1 Å². The summed E-state index contributed by atoms with van der Waals surface area (Å²) < 4.78 is 42.3. The molecule has 0 spiro atoms. The third kappa shape index (κ3) is 5.00. The minimum Gasteiger partial charge on any atom is -0.497 e. The molecule has 0 fully saturated rings. The van der Waals surface area contributed by atoms with Crippen LogP contribution in [0.2, 0.25) is 0 Å². The molecule has 3 rings (SSSR count). The normalized spacial score (nSPS) is 12.1. The fourth-order valence-corrected chi connectivity index (χ4v) is 5.82. The third-order valence-corrected chi connectivity index (χ3v) is 7.96. The van der Waals surface area contributed by atoms with E-state index in [1.54, 1.807) is 47.8 Å². The van der Waals surface area contributed by atoms with Crippen LogP contribution in [-0.2, 0) is 9.84 Å². The first kappa shape index (κ1) is 22.6. The second kappa shape index (κ2) is 9.84. The number of hydrogen-bond acceptors (Lipinski definition) is 7. The summed E-state index contributed by atoms with van der Waals surface area (Å²) in [4.78, 5) is 13.6. The number of hydrogen-bond donors (Lipinski definition) is 1. The largest absolute Gasteiger partial charge is 0.497 e. The van der Waals surface area contributed by atoms with E-state index in [9.17, 15) is 13.2 Å². The highest BCUT2D eigenvalue weighted by Crippen LogP contribution is 2.32. The van der Waals surface area contributed by atoms with Gasteiger partial charge in [0.05, 0.1) is 31.8 Å². The Hall–Kier alpha value is -3.04. The van der Waals surface area contributed by atoms with Gasteiger partial charge in [-0.2, -0.15) is 0 Å². The molecule has 7 nitrogen and oxygen atoms in total. The minimum absolute atomic E-state index is 0.0944. The maximum Gasteiger partial charge on any atom is 0.255 e. The van der Waals surface area contributed by atoms with E-state index in [-0.39, 0.29) is 17.0 Å². The molecule has 3 aromatic rings.